The second-order valence-corrected chi connectivity index (χ2v) is 23.6. The topological polar surface area (TPSA) is 109 Å². The van der Waals surface area contributed by atoms with E-state index in [1.807, 2.05) is 108 Å². The Morgan fingerprint density at radius 3 is 1.41 bits per heavy atom. The van der Waals surface area contributed by atoms with Gasteiger partial charge in [-0.1, -0.05) is 98.0 Å². The van der Waals surface area contributed by atoms with E-state index in [4.69, 9.17) is 9.68 Å². The molecule has 10 nitrogen and oxygen atoms in total. The van der Waals surface area contributed by atoms with Crippen molar-refractivity contribution in [1.82, 2.24) is 19.3 Å². The van der Waals surface area contributed by atoms with Gasteiger partial charge in [-0.15, -0.1) is 0 Å². The van der Waals surface area contributed by atoms with Crippen LogP contribution in [0.3, 0.4) is 0 Å². The number of thioether (sulfide) groups is 2. The molecule has 0 radical (unpaired) electrons. The predicted octanol–water partition coefficient (Wildman–Crippen LogP) is 9.44. The number of likely N-dealkylation sites (tertiary alicyclic amines) is 2. The van der Waals surface area contributed by atoms with Gasteiger partial charge in [0.2, 0.25) is 0 Å². The van der Waals surface area contributed by atoms with Gasteiger partial charge in [-0.3, -0.25) is 0 Å². The molecule has 358 valence electrons. The van der Waals surface area contributed by atoms with Crippen LogP contribution in [0.2, 0.25) is 0 Å². The van der Waals surface area contributed by atoms with E-state index >= 15 is 0 Å². The summed E-state index contributed by atoms with van der Waals surface area (Å²) in [7, 11) is 4.47. The van der Waals surface area contributed by atoms with E-state index in [0.29, 0.717) is 34.7 Å². The van der Waals surface area contributed by atoms with Crippen molar-refractivity contribution in [2.24, 2.45) is 11.8 Å². The molecule has 2 aliphatic heterocycles. The highest BCUT2D eigenvalue weighted by atomic mass is 32.2. The van der Waals surface area contributed by atoms with Crippen LogP contribution in [0.5, 0.6) is 0 Å². The molecular weight excluding hydrogens is 929 g/mol. The second kappa shape index (κ2) is 20.8. The van der Waals surface area contributed by atoms with Crippen LogP contribution in [0.1, 0.15) is 73.6 Å². The van der Waals surface area contributed by atoms with Gasteiger partial charge in [-0.05, 0) is 146 Å². The van der Waals surface area contributed by atoms with Crippen LogP contribution in [-0.4, -0.2) is 116 Å². The number of carbonyl (C=O) groups is 2. The van der Waals surface area contributed by atoms with Gasteiger partial charge in [0.05, 0.1) is 11.0 Å². The summed E-state index contributed by atoms with van der Waals surface area (Å²) in [5.74, 6) is 4.05. The van der Waals surface area contributed by atoms with Crippen LogP contribution in [0.25, 0.3) is 21.8 Å². The minimum Gasteiger partial charge on any atom is -0.379 e. The third-order valence-corrected chi connectivity index (χ3v) is 19.5. The standard InChI is InChI=1S/C54H62N4O6S4/c1-5-23-65-31-33-25-39-37-19-13-21-43-47(37)41(27-45(39)55(3)29-33)51(67-35-15-9-7-10-16-35)57(43)63-53(61)49(59)50(60)54(62)64-58-44-22-14-20-38-40-26-34(32-66-24-6-2)30-56(4)46(40)28-42(48(38)44)52(58)68-36-17-11-8-12-18-36/h7-22,33-34,39-40,45-46,49-50,59-60H,5-6,23-32H2,1-4H3/t33?,34?,39-,40-,45-,46-,49?,50?/m0/s1. The van der Waals surface area contributed by atoms with Crippen molar-refractivity contribution in [3.63, 3.8) is 0 Å². The van der Waals surface area contributed by atoms with Crippen molar-refractivity contribution in [1.29, 1.82) is 0 Å². The van der Waals surface area contributed by atoms with Gasteiger partial charge in [0.15, 0.2) is 12.2 Å². The molecule has 8 atom stereocenters. The van der Waals surface area contributed by atoms with Crippen molar-refractivity contribution >= 4 is 80.8 Å². The number of carbonyl (C=O) groups excluding carboxylic acids is 2. The molecule has 4 aromatic carbocycles. The second-order valence-electron chi connectivity index (χ2n) is 19.2. The van der Waals surface area contributed by atoms with E-state index < -0.39 is 24.1 Å². The van der Waals surface area contributed by atoms with Gasteiger partial charge in [-0.25, -0.2) is 9.59 Å². The lowest BCUT2D eigenvalue weighted by Gasteiger charge is -2.45. The molecule has 4 heterocycles. The molecule has 0 saturated carbocycles. The number of piperidine rings is 2. The van der Waals surface area contributed by atoms with Crippen LogP contribution in [-0.2, 0) is 22.4 Å². The lowest BCUT2D eigenvalue weighted by molar-refractivity contribution is -0.173. The SMILES string of the molecule is CCCSCC1C[C@H]2c3cccc4c3c(c(Sc3ccccc3)n4OC(=O)C(O)C(O)C(=O)On3c(Sc4ccccc4)c4c5c(cccc53)[C@@H]3CC(CSCCC)CN(C)[C@H]3C4)C[C@@H]2N(C)C1. The monoisotopic (exact) mass is 990 g/mol. The Hall–Kier alpha value is -3.86. The first kappa shape index (κ1) is 47.8. The predicted molar refractivity (Wildman–Crippen MR) is 277 cm³/mol. The molecule has 14 heteroatoms. The van der Waals surface area contributed by atoms with Gasteiger partial charge in [-0.2, -0.15) is 33.0 Å². The number of aromatic nitrogens is 2. The zero-order valence-electron chi connectivity index (χ0n) is 39.3. The first-order valence-electron chi connectivity index (χ1n) is 24.3. The fourth-order valence-corrected chi connectivity index (χ4v) is 15.7. The van der Waals surface area contributed by atoms with E-state index in [-0.39, 0.29) is 12.1 Å². The Bertz CT molecular complexity index is 2580. The Morgan fingerprint density at radius 2 is 1.01 bits per heavy atom. The van der Waals surface area contributed by atoms with Crippen molar-refractivity contribution < 1.29 is 29.5 Å². The lowest BCUT2D eigenvalue weighted by Crippen LogP contribution is -2.48. The molecule has 2 fully saturated rings. The van der Waals surface area contributed by atoms with Crippen molar-refractivity contribution in [2.45, 2.75) is 108 Å². The summed E-state index contributed by atoms with van der Waals surface area (Å²) < 4.78 is 3.03. The van der Waals surface area contributed by atoms with Crippen molar-refractivity contribution in [3.8, 4) is 0 Å². The van der Waals surface area contributed by atoms with Gasteiger partial charge in [0.25, 0.3) is 0 Å². The number of benzene rings is 4. The van der Waals surface area contributed by atoms with E-state index in [2.05, 4.69) is 49.9 Å². The number of rotatable bonds is 17. The molecule has 2 N–H and O–H groups in total. The maximum Gasteiger partial charge on any atom is 0.364 e. The number of hydrogen-bond acceptors (Lipinski definition) is 12. The molecule has 6 aromatic rings. The number of aliphatic hydroxyl groups excluding tert-OH is 2. The average molecular weight is 991 g/mol. The quantitative estimate of drug-likeness (QED) is 0.0851. The van der Waals surface area contributed by atoms with Crippen molar-refractivity contribution in [3.05, 3.63) is 119 Å². The van der Waals surface area contributed by atoms with Crippen LogP contribution in [0, 0.1) is 11.8 Å². The zero-order valence-corrected chi connectivity index (χ0v) is 42.6. The molecular formula is C54H62N4O6S4. The average Bonchev–Trinajstić information content (AvgIpc) is 3.80. The summed E-state index contributed by atoms with van der Waals surface area (Å²) in [5, 5.41) is 26.8. The fraction of sp³-hybridized carbons (Fsp3) is 0.444. The normalized spacial score (nSPS) is 23.3. The highest BCUT2D eigenvalue weighted by Crippen LogP contribution is 2.51. The highest BCUT2D eigenvalue weighted by molar-refractivity contribution is 8.00. The van der Waals surface area contributed by atoms with E-state index in [1.165, 1.54) is 57.0 Å². The number of likely N-dealkylation sites (N-methyl/N-ethyl adjacent to an activating group) is 2. The number of aliphatic hydroxyl groups is 2. The van der Waals surface area contributed by atoms with Gasteiger partial charge >= 0.3 is 11.9 Å². The molecule has 68 heavy (non-hydrogen) atoms. The number of nitrogens with zero attached hydrogens (tertiary/aromatic N) is 4. The third kappa shape index (κ3) is 9.29. The van der Waals surface area contributed by atoms with E-state index in [9.17, 15) is 19.8 Å². The number of hydrogen-bond donors (Lipinski definition) is 2. The Balaban J connectivity index is 0.951. The minimum atomic E-state index is -2.24. The molecule has 4 unspecified atom stereocenters. The third-order valence-electron chi connectivity index (χ3n) is 14.5. The van der Waals surface area contributed by atoms with Crippen LogP contribution >= 0.6 is 47.0 Å². The van der Waals surface area contributed by atoms with Crippen molar-refractivity contribution in [2.75, 3.05) is 50.2 Å². The first-order valence-corrected chi connectivity index (χ1v) is 28.2. The summed E-state index contributed by atoms with van der Waals surface area (Å²) in [6, 6.07) is 32.9. The summed E-state index contributed by atoms with van der Waals surface area (Å²) >= 11 is 7.09. The number of fused-ring (bicyclic) bond motifs is 4. The van der Waals surface area contributed by atoms with Crippen LogP contribution < -0.4 is 9.68 Å². The summed E-state index contributed by atoms with van der Waals surface area (Å²) in [5.41, 5.74) is 6.09. The smallest absolute Gasteiger partial charge is 0.364 e. The van der Waals surface area contributed by atoms with Gasteiger partial charge in [0.1, 0.15) is 10.1 Å². The van der Waals surface area contributed by atoms with Gasteiger partial charge < -0.3 is 29.7 Å². The first-order chi connectivity index (χ1) is 33.1. The highest BCUT2D eigenvalue weighted by Gasteiger charge is 2.44. The molecule has 2 aromatic heterocycles. The summed E-state index contributed by atoms with van der Waals surface area (Å²) in [6.07, 6.45) is 1.58. The Kier molecular flexibility index (Phi) is 14.7. The summed E-state index contributed by atoms with van der Waals surface area (Å²) in [4.78, 5) is 47.8. The van der Waals surface area contributed by atoms with Crippen LogP contribution in [0.4, 0.5) is 0 Å². The molecule has 0 amide bonds. The Labute approximate surface area is 416 Å². The fourth-order valence-electron chi connectivity index (χ4n) is 11.5. The maximum atomic E-state index is 14.2. The molecule has 0 spiro atoms. The lowest BCUT2D eigenvalue weighted by atomic mass is 9.73. The largest absolute Gasteiger partial charge is 0.379 e. The minimum absolute atomic E-state index is 0.275. The zero-order chi connectivity index (χ0) is 47.1. The Morgan fingerprint density at radius 1 is 0.603 bits per heavy atom. The van der Waals surface area contributed by atoms with E-state index in [1.54, 1.807) is 0 Å². The molecule has 0 bridgehead atoms. The maximum absolute atomic E-state index is 14.2. The molecule has 2 saturated heterocycles. The van der Waals surface area contributed by atoms with Crippen LogP contribution in [0.15, 0.2) is 117 Å². The van der Waals surface area contributed by atoms with E-state index in [0.717, 1.165) is 104 Å². The molecule has 10 rings (SSSR count). The van der Waals surface area contributed by atoms with Gasteiger partial charge in [0, 0.05) is 57.6 Å². The summed E-state index contributed by atoms with van der Waals surface area (Å²) in [6.45, 7) is 6.53. The molecule has 4 aliphatic rings. The molecule has 2 aliphatic carbocycles.